The Labute approximate surface area is 97.7 Å². The highest BCUT2D eigenvalue weighted by atomic mass is 16.3. The highest BCUT2D eigenvalue weighted by Crippen LogP contribution is 2.08. The van der Waals surface area contributed by atoms with Crippen molar-refractivity contribution in [3.63, 3.8) is 0 Å². The molecule has 4 nitrogen and oxygen atoms in total. The van der Waals surface area contributed by atoms with Crippen LogP contribution in [0.25, 0.3) is 0 Å². The van der Waals surface area contributed by atoms with E-state index in [1.54, 1.807) is 0 Å². The molecule has 2 N–H and O–H groups in total. The summed E-state index contributed by atoms with van der Waals surface area (Å²) in [6.45, 7) is 7.29. The largest absolute Gasteiger partial charge is 0.395 e. The minimum atomic E-state index is 0.157. The predicted octanol–water partition coefficient (Wildman–Crippen LogP) is 1.09. The number of aryl methyl sites for hydroxylation is 2. The third-order valence-electron chi connectivity index (χ3n) is 2.88. The van der Waals surface area contributed by atoms with Gasteiger partial charge in [-0.25, -0.2) is 0 Å². The highest BCUT2D eigenvalue weighted by molar-refractivity contribution is 5.16. The van der Waals surface area contributed by atoms with Gasteiger partial charge in [-0.3, -0.25) is 4.68 Å². The SMILES string of the molecule is CCc1nn(C)cc1CNC(CO)C(C)C. The van der Waals surface area contributed by atoms with E-state index in [4.69, 9.17) is 0 Å². The van der Waals surface area contributed by atoms with Gasteiger partial charge in [0.1, 0.15) is 0 Å². The molecular weight excluding hydrogens is 202 g/mol. The number of aliphatic hydroxyl groups excluding tert-OH is 1. The van der Waals surface area contributed by atoms with Crippen LogP contribution in [0, 0.1) is 5.92 Å². The maximum absolute atomic E-state index is 9.22. The molecule has 1 atom stereocenters. The lowest BCUT2D eigenvalue weighted by Crippen LogP contribution is -2.36. The van der Waals surface area contributed by atoms with Crippen LogP contribution in [0.15, 0.2) is 6.20 Å². The number of rotatable bonds is 6. The first-order chi connectivity index (χ1) is 7.58. The van der Waals surface area contributed by atoms with Gasteiger partial charge in [0.15, 0.2) is 0 Å². The second-order valence-electron chi connectivity index (χ2n) is 4.54. The monoisotopic (exact) mass is 225 g/mol. The van der Waals surface area contributed by atoms with Crippen LogP contribution in [0.3, 0.4) is 0 Å². The minimum Gasteiger partial charge on any atom is -0.395 e. The van der Waals surface area contributed by atoms with Gasteiger partial charge in [-0.15, -0.1) is 0 Å². The average molecular weight is 225 g/mol. The summed E-state index contributed by atoms with van der Waals surface area (Å²) in [6, 6.07) is 0.157. The van der Waals surface area contributed by atoms with Crippen molar-refractivity contribution in [1.29, 1.82) is 0 Å². The summed E-state index contributed by atoms with van der Waals surface area (Å²) >= 11 is 0. The molecule has 0 saturated heterocycles. The maximum Gasteiger partial charge on any atom is 0.0666 e. The molecule has 0 aliphatic heterocycles. The molecule has 0 radical (unpaired) electrons. The minimum absolute atomic E-state index is 0.157. The number of aliphatic hydroxyl groups is 1. The molecule has 4 heteroatoms. The molecule has 0 aliphatic carbocycles. The Hall–Kier alpha value is -0.870. The Morgan fingerprint density at radius 2 is 2.19 bits per heavy atom. The van der Waals surface area contributed by atoms with Gasteiger partial charge < -0.3 is 10.4 Å². The van der Waals surface area contributed by atoms with Gasteiger partial charge in [-0.2, -0.15) is 5.10 Å². The van der Waals surface area contributed by atoms with Gasteiger partial charge in [0.05, 0.1) is 12.3 Å². The maximum atomic E-state index is 9.22. The molecule has 0 aliphatic rings. The molecular formula is C12H23N3O. The summed E-state index contributed by atoms with van der Waals surface area (Å²) in [5, 5.41) is 17.0. The Kier molecular flexibility index (Phi) is 4.96. The van der Waals surface area contributed by atoms with E-state index >= 15 is 0 Å². The zero-order valence-corrected chi connectivity index (χ0v) is 10.7. The second kappa shape index (κ2) is 6.01. The standard InChI is InChI=1S/C12H23N3O/c1-5-11-10(7-15(4)14-11)6-13-12(8-16)9(2)3/h7,9,12-13,16H,5-6,8H2,1-4H3. The first-order valence-corrected chi connectivity index (χ1v) is 5.94. The van der Waals surface area contributed by atoms with Gasteiger partial charge in [-0.05, 0) is 12.3 Å². The lowest BCUT2D eigenvalue weighted by atomic mass is 10.1. The molecule has 0 fully saturated rings. The van der Waals surface area contributed by atoms with E-state index < -0.39 is 0 Å². The highest BCUT2D eigenvalue weighted by Gasteiger charge is 2.13. The molecule has 0 amide bonds. The first-order valence-electron chi connectivity index (χ1n) is 5.94. The molecule has 1 aromatic rings. The zero-order chi connectivity index (χ0) is 12.1. The van der Waals surface area contributed by atoms with Crippen molar-refractivity contribution in [2.45, 2.75) is 39.8 Å². The van der Waals surface area contributed by atoms with Crippen molar-refractivity contribution >= 4 is 0 Å². The summed E-state index contributed by atoms with van der Waals surface area (Å²) in [5.41, 5.74) is 2.36. The van der Waals surface area contributed by atoms with E-state index in [9.17, 15) is 5.11 Å². The van der Waals surface area contributed by atoms with Crippen molar-refractivity contribution in [3.05, 3.63) is 17.5 Å². The fourth-order valence-electron chi connectivity index (χ4n) is 1.78. The van der Waals surface area contributed by atoms with Crippen molar-refractivity contribution in [3.8, 4) is 0 Å². The smallest absolute Gasteiger partial charge is 0.0666 e. The van der Waals surface area contributed by atoms with Crippen molar-refractivity contribution in [1.82, 2.24) is 15.1 Å². The summed E-state index contributed by atoms with van der Waals surface area (Å²) in [4.78, 5) is 0. The van der Waals surface area contributed by atoms with Gasteiger partial charge in [-0.1, -0.05) is 20.8 Å². The summed E-state index contributed by atoms with van der Waals surface area (Å²) in [6.07, 6.45) is 2.99. The fraction of sp³-hybridized carbons (Fsp3) is 0.750. The molecule has 16 heavy (non-hydrogen) atoms. The van der Waals surface area contributed by atoms with E-state index in [1.807, 2.05) is 17.9 Å². The third kappa shape index (κ3) is 3.32. The van der Waals surface area contributed by atoms with Crippen LogP contribution < -0.4 is 5.32 Å². The molecule has 0 aromatic carbocycles. The van der Waals surface area contributed by atoms with Gasteiger partial charge in [0.25, 0.3) is 0 Å². The fourth-order valence-corrected chi connectivity index (χ4v) is 1.78. The summed E-state index contributed by atoms with van der Waals surface area (Å²) < 4.78 is 1.85. The van der Waals surface area contributed by atoms with Crippen LogP contribution in [0.2, 0.25) is 0 Å². The number of nitrogens with zero attached hydrogens (tertiary/aromatic N) is 2. The molecule has 1 aromatic heterocycles. The van der Waals surface area contributed by atoms with Crippen LogP contribution >= 0.6 is 0 Å². The average Bonchev–Trinajstić information content (AvgIpc) is 2.59. The Balaban J connectivity index is 2.59. The van der Waals surface area contributed by atoms with Crippen LogP contribution in [0.5, 0.6) is 0 Å². The Morgan fingerprint density at radius 1 is 1.50 bits per heavy atom. The number of nitrogens with one attached hydrogen (secondary N) is 1. The van der Waals surface area contributed by atoms with Gasteiger partial charge in [0.2, 0.25) is 0 Å². The molecule has 0 bridgehead atoms. The molecule has 1 heterocycles. The summed E-state index contributed by atoms with van der Waals surface area (Å²) in [5.74, 6) is 0.437. The van der Waals surface area contributed by atoms with Crippen molar-refractivity contribution < 1.29 is 5.11 Å². The van der Waals surface area contributed by atoms with E-state index in [2.05, 4.69) is 31.2 Å². The number of hydrogen-bond acceptors (Lipinski definition) is 3. The Bertz CT molecular complexity index is 320. The second-order valence-corrected chi connectivity index (χ2v) is 4.54. The van der Waals surface area contributed by atoms with Crippen molar-refractivity contribution in [2.75, 3.05) is 6.61 Å². The molecule has 1 rings (SSSR count). The third-order valence-corrected chi connectivity index (χ3v) is 2.88. The molecule has 1 unspecified atom stereocenters. The van der Waals surface area contributed by atoms with Crippen LogP contribution in [0.4, 0.5) is 0 Å². The topological polar surface area (TPSA) is 50.1 Å². The normalized spacial score (nSPS) is 13.4. The van der Waals surface area contributed by atoms with Gasteiger partial charge in [0, 0.05) is 31.4 Å². The zero-order valence-electron chi connectivity index (χ0n) is 10.7. The van der Waals surface area contributed by atoms with Crippen LogP contribution in [-0.4, -0.2) is 27.5 Å². The van der Waals surface area contributed by atoms with Gasteiger partial charge >= 0.3 is 0 Å². The van der Waals surface area contributed by atoms with Crippen LogP contribution in [-0.2, 0) is 20.0 Å². The number of hydrogen-bond donors (Lipinski definition) is 2. The van der Waals surface area contributed by atoms with E-state index in [0.717, 1.165) is 18.7 Å². The van der Waals surface area contributed by atoms with E-state index in [-0.39, 0.29) is 12.6 Å². The first kappa shape index (κ1) is 13.2. The molecule has 92 valence electrons. The van der Waals surface area contributed by atoms with Crippen LogP contribution in [0.1, 0.15) is 32.0 Å². The Morgan fingerprint density at radius 3 is 2.69 bits per heavy atom. The van der Waals surface area contributed by atoms with Crippen molar-refractivity contribution in [2.24, 2.45) is 13.0 Å². The lowest BCUT2D eigenvalue weighted by Gasteiger charge is -2.19. The lowest BCUT2D eigenvalue weighted by molar-refractivity contribution is 0.210. The molecule has 0 spiro atoms. The molecule has 0 saturated carbocycles. The summed E-state index contributed by atoms with van der Waals surface area (Å²) in [7, 11) is 1.94. The predicted molar refractivity (Wildman–Crippen MR) is 65.1 cm³/mol. The quantitative estimate of drug-likeness (QED) is 0.762. The van der Waals surface area contributed by atoms with E-state index in [1.165, 1.54) is 5.56 Å². The number of aromatic nitrogens is 2. The van der Waals surface area contributed by atoms with E-state index in [0.29, 0.717) is 5.92 Å².